The van der Waals surface area contributed by atoms with Crippen LogP contribution in [0.2, 0.25) is 0 Å². The number of nitrogens with one attached hydrogen (secondary N) is 1. The van der Waals surface area contributed by atoms with Gasteiger partial charge in [0.2, 0.25) is 5.91 Å². The monoisotopic (exact) mass is 336 g/mol. The fraction of sp³-hybridized carbons (Fsp3) is 0.235. The molecule has 1 aromatic heterocycles. The SMILES string of the molecule is C=CCN(CC(=O)NCc1cc(F)cc(F)c1)Cc1cccs1. The van der Waals surface area contributed by atoms with E-state index in [0.29, 0.717) is 18.7 Å². The van der Waals surface area contributed by atoms with Crippen LogP contribution in [0.4, 0.5) is 8.78 Å². The predicted octanol–water partition coefficient (Wildman–Crippen LogP) is 3.33. The fourth-order valence-electron chi connectivity index (χ4n) is 2.16. The van der Waals surface area contributed by atoms with Gasteiger partial charge in [-0.25, -0.2) is 8.78 Å². The second kappa shape index (κ2) is 8.55. The van der Waals surface area contributed by atoms with E-state index < -0.39 is 11.6 Å². The lowest BCUT2D eigenvalue weighted by Crippen LogP contribution is -2.36. The molecule has 1 amide bonds. The highest BCUT2D eigenvalue weighted by Gasteiger charge is 2.11. The van der Waals surface area contributed by atoms with Crippen LogP contribution in [0.25, 0.3) is 0 Å². The van der Waals surface area contributed by atoms with Gasteiger partial charge in [-0.15, -0.1) is 17.9 Å². The highest BCUT2D eigenvalue weighted by molar-refractivity contribution is 7.09. The lowest BCUT2D eigenvalue weighted by Gasteiger charge is -2.19. The van der Waals surface area contributed by atoms with Gasteiger partial charge in [-0.2, -0.15) is 0 Å². The minimum absolute atomic E-state index is 0.0917. The van der Waals surface area contributed by atoms with Crippen LogP contribution in [0.3, 0.4) is 0 Å². The molecule has 2 rings (SSSR count). The molecule has 0 aliphatic carbocycles. The molecule has 0 aliphatic heterocycles. The van der Waals surface area contributed by atoms with Crippen molar-refractivity contribution < 1.29 is 13.6 Å². The molecule has 0 saturated carbocycles. The molecule has 1 heterocycles. The van der Waals surface area contributed by atoms with Gasteiger partial charge in [0.15, 0.2) is 0 Å². The first-order valence-corrected chi connectivity index (χ1v) is 8.02. The predicted molar refractivity (Wildman–Crippen MR) is 88.0 cm³/mol. The van der Waals surface area contributed by atoms with Crippen molar-refractivity contribution >= 4 is 17.2 Å². The minimum atomic E-state index is -0.653. The van der Waals surface area contributed by atoms with E-state index in [9.17, 15) is 13.6 Å². The first kappa shape index (κ1) is 17.3. The fourth-order valence-corrected chi connectivity index (χ4v) is 2.91. The molecule has 0 spiro atoms. The second-order valence-corrected chi connectivity index (χ2v) is 6.12. The standard InChI is InChI=1S/C17H18F2N2OS/c1-2-5-21(11-16-4-3-6-23-16)12-17(22)20-10-13-7-14(18)9-15(19)8-13/h2-4,6-9H,1,5,10-12H2,(H,20,22). The average Bonchev–Trinajstić information content (AvgIpc) is 2.97. The Balaban J connectivity index is 1.87. The number of carbonyl (C=O) groups is 1. The van der Waals surface area contributed by atoms with Crippen LogP contribution in [0.1, 0.15) is 10.4 Å². The van der Waals surface area contributed by atoms with E-state index in [-0.39, 0.29) is 19.0 Å². The number of benzene rings is 1. The summed E-state index contributed by atoms with van der Waals surface area (Å²) in [6.07, 6.45) is 1.74. The van der Waals surface area contributed by atoms with Crippen LogP contribution in [0, 0.1) is 11.6 Å². The zero-order valence-corrected chi connectivity index (χ0v) is 13.4. The summed E-state index contributed by atoms with van der Waals surface area (Å²) >= 11 is 1.63. The molecule has 0 atom stereocenters. The third-order valence-corrected chi connectivity index (χ3v) is 3.99. The molecule has 2 aromatic rings. The molecule has 0 aliphatic rings. The van der Waals surface area contributed by atoms with E-state index in [4.69, 9.17) is 0 Å². The Labute approximate surface area is 138 Å². The molecular weight excluding hydrogens is 318 g/mol. The van der Waals surface area contributed by atoms with E-state index in [1.807, 2.05) is 22.4 Å². The van der Waals surface area contributed by atoms with Crippen molar-refractivity contribution in [2.75, 3.05) is 13.1 Å². The molecule has 0 saturated heterocycles. The molecule has 1 aromatic carbocycles. The average molecular weight is 336 g/mol. The molecule has 23 heavy (non-hydrogen) atoms. The summed E-state index contributed by atoms with van der Waals surface area (Å²) in [5.41, 5.74) is 0.393. The van der Waals surface area contributed by atoms with Gasteiger partial charge in [0, 0.05) is 30.6 Å². The van der Waals surface area contributed by atoms with Crippen molar-refractivity contribution in [1.82, 2.24) is 10.2 Å². The van der Waals surface area contributed by atoms with E-state index in [1.165, 1.54) is 12.1 Å². The Morgan fingerprint density at radius 3 is 2.65 bits per heavy atom. The van der Waals surface area contributed by atoms with Gasteiger partial charge in [0.25, 0.3) is 0 Å². The zero-order chi connectivity index (χ0) is 16.7. The maximum absolute atomic E-state index is 13.1. The first-order valence-electron chi connectivity index (χ1n) is 7.14. The Kier molecular flexibility index (Phi) is 6.43. The number of nitrogens with zero attached hydrogens (tertiary/aromatic N) is 1. The molecular formula is C17H18F2N2OS. The van der Waals surface area contributed by atoms with E-state index >= 15 is 0 Å². The normalized spacial score (nSPS) is 10.7. The summed E-state index contributed by atoms with van der Waals surface area (Å²) in [6.45, 7) is 5.23. The van der Waals surface area contributed by atoms with Gasteiger partial charge in [-0.1, -0.05) is 12.1 Å². The van der Waals surface area contributed by atoms with Gasteiger partial charge in [-0.3, -0.25) is 9.69 Å². The maximum Gasteiger partial charge on any atom is 0.234 e. The highest BCUT2D eigenvalue weighted by Crippen LogP contribution is 2.12. The lowest BCUT2D eigenvalue weighted by atomic mass is 10.2. The maximum atomic E-state index is 13.1. The molecule has 0 unspecified atom stereocenters. The zero-order valence-electron chi connectivity index (χ0n) is 12.6. The lowest BCUT2D eigenvalue weighted by molar-refractivity contribution is -0.122. The van der Waals surface area contributed by atoms with Gasteiger partial charge in [-0.05, 0) is 29.1 Å². The van der Waals surface area contributed by atoms with Gasteiger partial charge >= 0.3 is 0 Å². The van der Waals surface area contributed by atoms with Gasteiger partial charge in [0.1, 0.15) is 11.6 Å². The van der Waals surface area contributed by atoms with Crippen LogP contribution in [0.5, 0.6) is 0 Å². The molecule has 6 heteroatoms. The molecule has 0 bridgehead atoms. The van der Waals surface area contributed by atoms with Crippen molar-refractivity contribution in [2.24, 2.45) is 0 Å². The van der Waals surface area contributed by atoms with Gasteiger partial charge < -0.3 is 5.32 Å². The van der Waals surface area contributed by atoms with Crippen LogP contribution >= 0.6 is 11.3 Å². The van der Waals surface area contributed by atoms with Crippen LogP contribution in [0.15, 0.2) is 48.4 Å². The number of halogens is 2. The Morgan fingerprint density at radius 1 is 1.30 bits per heavy atom. The summed E-state index contributed by atoms with van der Waals surface area (Å²) in [7, 11) is 0. The molecule has 122 valence electrons. The molecule has 1 N–H and O–H groups in total. The quantitative estimate of drug-likeness (QED) is 0.750. The Bertz CT molecular complexity index is 638. The summed E-state index contributed by atoms with van der Waals surface area (Å²) in [5.74, 6) is -1.51. The largest absolute Gasteiger partial charge is 0.351 e. The molecule has 3 nitrogen and oxygen atoms in total. The third-order valence-electron chi connectivity index (χ3n) is 3.13. The second-order valence-electron chi connectivity index (χ2n) is 5.09. The highest BCUT2D eigenvalue weighted by atomic mass is 32.1. The number of thiophene rings is 1. The van der Waals surface area contributed by atoms with Crippen LogP contribution in [-0.4, -0.2) is 23.9 Å². The minimum Gasteiger partial charge on any atom is -0.351 e. The van der Waals surface area contributed by atoms with Crippen molar-refractivity contribution in [2.45, 2.75) is 13.1 Å². The number of amides is 1. The summed E-state index contributed by atoms with van der Waals surface area (Å²) in [6, 6.07) is 7.18. The smallest absolute Gasteiger partial charge is 0.234 e. The van der Waals surface area contributed by atoms with Crippen LogP contribution < -0.4 is 5.32 Å². The topological polar surface area (TPSA) is 32.3 Å². The van der Waals surface area contributed by atoms with E-state index in [0.717, 1.165) is 10.9 Å². The Morgan fingerprint density at radius 2 is 2.04 bits per heavy atom. The number of carbonyl (C=O) groups excluding carboxylic acids is 1. The first-order chi connectivity index (χ1) is 11.1. The van der Waals surface area contributed by atoms with E-state index in [2.05, 4.69) is 11.9 Å². The number of hydrogen-bond acceptors (Lipinski definition) is 3. The summed E-state index contributed by atoms with van der Waals surface area (Å²) in [4.78, 5) is 15.1. The Hall–Kier alpha value is -2.05. The van der Waals surface area contributed by atoms with Crippen molar-refractivity contribution in [3.63, 3.8) is 0 Å². The van der Waals surface area contributed by atoms with Crippen molar-refractivity contribution in [3.05, 3.63) is 70.4 Å². The van der Waals surface area contributed by atoms with Crippen molar-refractivity contribution in [3.8, 4) is 0 Å². The van der Waals surface area contributed by atoms with E-state index in [1.54, 1.807) is 17.4 Å². The summed E-state index contributed by atoms with van der Waals surface area (Å²) < 4.78 is 26.2. The van der Waals surface area contributed by atoms with Crippen molar-refractivity contribution in [1.29, 1.82) is 0 Å². The van der Waals surface area contributed by atoms with Gasteiger partial charge in [0.05, 0.1) is 6.54 Å². The molecule has 0 fully saturated rings. The van der Waals surface area contributed by atoms with Crippen LogP contribution in [-0.2, 0) is 17.9 Å². The molecule has 0 radical (unpaired) electrons. The number of rotatable bonds is 8. The summed E-state index contributed by atoms with van der Waals surface area (Å²) in [5, 5.41) is 4.66. The third kappa shape index (κ3) is 5.92. The number of hydrogen-bond donors (Lipinski definition) is 1.